The van der Waals surface area contributed by atoms with E-state index in [1.165, 1.54) is 25.9 Å². The predicted molar refractivity (Wildman–Crippen MR) is 106 cm³/mol. The van der Waals surface area contributed by atoms with Gasteiger partial charge in [0.25, 0.3) is 0 Å². The molecule has 2 aliphatic rings. The molecule has 4 rings (SSSR count). The number of piperidine rings is 1. The molecular weight excluding hydrogens is 340 g/mol. The average Bonchev–Trinajstić information content (AvgIpc) is 3.24. The summed E-state index contributed by atoms with van der Waals surface area (Å²) in [6.07, 6.45) is 10.8. The first-order valence-corrected chi connectivity index (χ1v) is 10.1. The number of amides is 1. The molecule has 27 heavy (non-hydrogen) atoms. The molecule has 2 saturated heterocycles. The quantitative estimate of drug-likeness (QED) is 0.785. The normalized spacial score (nSPS) is 20.9. The van der Waals surface area contributed by atoms with Crippen molar-refractivity contribution in [1.29, 1.82) is 0 Å². The van der Waals surface area contributed by atoms with E-state index in [1.54, 1.807) is 12.4 Å². The van der Waals surface area contributed by atoms with Gasteiger partial charge in [-0.25, -0.2) is 9.97 Å². The number of hydrogen-bond acceptors (Lipinski definition) is 6. The first kappa shape index (κ1) is 18.1. The summed E-state index contributed by atoms with van der Waals surface area (Å²) in [5.41, 5.74) is 2.48. The molecule has 0 spiro atoms. The largest absolute Gasteiger partial charge is 0.369 e. The van der Waals surface area contributed by atoms with Gasteiger partial charge in [0.2, 0.25) is 5.91 Å². The van der Waals surface area contributed by atoms with E-state index >= 15 is 0 Å². The number of rotatable bonds is 6. The van der Waals surface area contributed by atoms with Gasteiger partial charge in [0, 0.05) is 32.0 Å². The monoisotopic (exact) mass is 368 g/mol. The van der Waals surface area contributed by atoms with Gasteiger partial charge >= 0.3 is 0 Å². The summed E-state index contributed by atoms with van der Waals surface area (Å²) in [6, 6.07) is 2.02. The highest BCUT2D eigenvalue weighted by Gasteiger charge is 2.26. The fourth-order valence-electron chi connectivity index (χ4n) is 4.11. The van der Waals surface area contributed by atoms with Crippen LogP contribution < -0.4 is 10.2 Å². The Labute approximate surface area is 160 Å². The van der Waals surface area contributed by atoms with Crippen molar-refractivity contribution in [1.82, 2.24) is 25.2 Å². The van der Waals surface area contributed by atoms with Crippen LogP contribution in [0.2, 0.25) is 0 Å². The lowest BCUT2D eigenvalue weighted by molar-refractivity contribution is -0.125. The standard InChI is InChI=1S/C20H28N6O/c27-20(23-6-4-11-25-9-1-2-10-25)16-5-3-12-26(15-16)17-13-18-19(24-14-17)22-8-7-21-18/h7-8,13-14,16H,1-6,9-12,15H2,(H,23,27). The van der Waals surface area contributed by atoms with Crippen LogP contribution in [0.4, 0.5) is 5.69 Å². The number of anilines is 1. The zero-order valence-electron chi connectivity index (χ0n) is 15.8. The second-order valence-electron chi connectivity index (χ2n) is 7.57. The lowest BCUT2D eigenvalue weighted by Gasteiger charge is -2.33. The summed E-state index contributed by atoms with van der Waals surface area (Å²) in [6.45, 7) is 6.00. The molecule has 2 aliphatic heterocycles. The zero-order valence-corrected chi connectivity index (χ0v) is 15.8. The maximum Gasteiger partial charge on any atom is 0.224 e. The Hall–Kier alpha value is -2.28. The molecule has 144 valence electrons. The van der Waals surface area contributed by atoms with Crippen LogP contribution in [0.5, 0.6) is 0 Å². The minimum atomic E-state index is 0.0445. The number of likely N-dealkylation sites (tertiary alicyclic amines) is 1. The van der Waals surface area contributed by atoms with Crippen LogP contribution in [0.1, 0.15) is 32.1 Å². The lowest BCUT2D eigenvalue weighted by atomic mass is 9.96. The summed E-state index contributed by atoms with van der Waals surface area (Å²) < 4.78 is 0. The predicted octanol–water partition coefficient (Wildman–Crippen LogP) is 1.84. The zero-order chi connectivity index (χ0) is 18.5. The molecule has 0 aliphatic carbocycles. The molecule has 1 atom stereocenters. The van der Waals surface area contributed by atoms with Crippen molar-refractivity contribution in [3.8, 4) is 0 Å². The van der Waals surface area contributed by atoms with Crippen molar-refractivity contribution in [2.45, 2.75) is 32.1 Å². The SMILES string of the molecule is O=C(NCCCN1CCCC1)C1CCCN(c2cnc3nccnc3c2)C1. The molecule has 1 amide bonds. The van der Waals surface area contributed by atoms with Gasteiger partial charge in [-0.2, -0.15) is 0 Å². The van der Waals surface area contributed by atoms with Crippen molar-refractivity contribution in [2.24, 2.45) is 5.92 Å². The van der Waals surface area contributed by atoms with Gasteiger partial charge in [0.1, 0.15) is 5.52 Å². The van der Waals surface area contributed by atoms with Crippen LogP contribution in [0.3, 0.4) is 0 Å². The van der Waals surface area contributed by atoms with Crippen molar-refractivity contribution >= 4 is 22.8 Å². The van der Waals surface area contributed by atoms with E-state index in [0.717, 1.165) is 56.6 Å². The Morgan fingerprint density at radius 3 is 2.85 bits per heavy atom. The van der Waals surface area contributed by atoms with Gasteiger partial charge in [-0.15, -0.1) is 0 Å². The van der Waals surface area contributed by atoms with E-state index in [1.807, 2.05) is 12.3 Å². The van der Waals surface area contributed by atoms with E-state index in [4.69, 9.17) is 0 Å². The maximum absolute atomic E-state index is 12.6. The van der Waals surface area contributed by atoms with E-state index in [-0.39, 0.29) is 11.8 Å². The van der Waals surface area contributed by atoms with Crippen LogP contribution in [0.25, 0.3) is 11.2 Å². The van der Waals surface area contributed by atoms with E-state index in [0.29, 0.717) is 5.65 Å². The summed E-state index contributed by atoms with van der Waals surface area (Å²) in [5, 5.41) is 3.15. The average molecular weight is 368 g/mol. The van der Waals surface area contributed by atoms with Crippen molar-refractivity contribution in [2.75, 3.05) is 44.2 Å². The van der Waals surface area contributed by atoms with Crippen molar-refractivity contribution in [3.63, 3.8) is 0 Å². The number of nitrogens with one attached hydrogen (secondary N) is 1. The topological polar surface area (TPSA) is 74.2 Å². The third-order valence-electron chi connectivity index (χ3n) is 5.62. The molecule has 0 saturated carbocycles. The highest BCUT2D eigenvalue weighted by Crippen LogP contribution is 2.24. The molecule has 2 aromatic rings. The number of carbonyl (C=O) groups is 1. The summed E-state index contributed by atoms with van der Waals surface area (Å²) in [7, 11) is 0. The van der Waals surface area contributed by atoms with Crippen molar-refractivity contribution < 1.29 is 4.79 Å². The van der Waals surface area contributed by atoms with E-state index in [2.05, 4.69) is 30.1 Å². The van der Waals surface area contributed by atoms with Crippen LogP contribution in [0.15, 0.2) is 24.7 Å². The van der Waals surface area contributed by atoms with Crippen LogP contribution in [-0.2, 0) is 4.79 Å². The highest BCUT2D eigenvalue weighted by molar-refractivity contribution is 5.80. The van der Waals surface area contributed by atoms with Gasteiger partial charge in [0.15, 0.2) is 5.65 Å². The molecule has 2 aromatic heterocycles. The second-order valence-corrected chi connectivity index (χ2v) is 7.57. The Balaban J connectivity index is 1.29. The highest BCUT2D eigenvalue weighted by atomic mass is 16.1. The molecule has 0 radical (unpaired) electrons. The molecule has 1 unspecified atom stereocenters. The maximum atomic E-state index is 12.6. The first-order chi connectivity index (χ1) is 13.3. The lowest BCUT2D eigenvalue weighted by Crippen LogP contribution is -2.43. The van der Waals surface area contributed by atoms with E-state index < -0.39 is 0 Å². The van der Waals surface area contributed by atoms with Crippen LogP contribution in [-0.4, -0.2) is 65.0 Å². The van der Waals surface area contributed by atoms with E-state index in [9.17, 15) is 4.79 Å². The van der Waals surface area contributed by atoms with Crippen molar-refractivity contribution in [3.05, 3.63) is 24.7 Å². The fourth-order valence-corrected chi connectivity index (χ4v) is 4.11. The number of carbonyl (C=O) groups excluding carboxylic acids is 1. The fraction of sp³-hybridized carbons (Fsp3) is 0.600. The third-order valence-corrected chi connectivity index (χ3v) is 5.62. The Morgan fingerprint density at radius 2 is 1.96 bits per heavy atom. The Morgan fingerprint density at radius 1 is 1.11 bits per heavy atom. The number of nitrogens with zero attached hydrogens (tertiary/aromatic N) is 5. The van der Waals surface area contributed by atoms with Crippen LogP contribution in [0, 0.1) is 5.92 Å². The number of aromatic nitrogens is 3. The Bertz CT molecular complexity index is 776. The number of pyridine rings is 1. The molecule has 4 heterocycles. The third kappa shape index (κ3) is 4.53. The summed E-state index contributed by atoms with van der Waals surface area (Å²) in [4.78, 5) is 30.3. The number of fused-ring (bicyclic) bond motifs is 1. The second kappa shape index (κ2) is 8.61. The molecule has 7 heteroatoms. The first-order valence-electron chi connectivity index (χ1n) is 10.1. The van der Waals surface area contributed by atoms with Gasteiger partial charge in [-0.3, -0.25) is 9.78 Å². The molecular formula is C20H28N6O. The molecule has 0 aromatic carbocycles. The summed E-state index contributed by atoms with van der Waals surface area (Å²) in [5.74, 6) is 0.234. The molecule has 0 bridgehead atoms. The number of hydrogen-bond donors (Lipinski definition) is 1. The Kier molecular flexibility index (Phi) is 5.77. The van der Waals surface area contributed by atoms with Gasteiger partial charge in [-0.1, -0.05) is 0 Å². The molecule has 2 fully saturated rings. The van der Waals surface area contributed by atoms with Gasteiger partial charge < -0.3 is 15.1 Å². The summed E-state index contributed by atoms with van der Waals surface area (Å²) >= 11 is 0. The van der Waals surface area contributed by atoms with Gasteiger partial charge in [-0.05, 0) is 57.8 Å². The van der Waals surface area contributed by atoms with Crippen LogP contribution >= 0.6 is 0 Å². The molecule has 1 N–H and O–H groups in total. The van der Waals surface area contributed by atoms with Gasteiger partial charge in [0.05, 0.1) is 17.8 Å². The minimum Gasteiger partial charge on any atom is -0.369 e. The smallest absolute Gasteiger partial charge is 0.224 e. The minimum absolute atomic E-state index is 0.0445. The molecule has 7 nitrogen and oxygen atoms in total.